The molecule has 8 nitrogen and oxygen atoms in total. The Morgan fingerprint density at radius 1 is 1.08 bits per heavy atom. The van der Waals surface area contributed by atoms with Gasteiger partial charge in [0.2, 0.25) is 10.0 Å². The standard InChI is InChI=1S/C28H31F2N3O5S/c1-18-15-33(19(2)17-34)39(36,37)27-13-6-21(20-4-7-22(29)8-5-20)14-25(27)38-26(18)16-32(3)28(35)31-24-11-9-23(30)10-12-24/h4-14,18-19,26,34H,15-17H2,1-3H3,(H,31,35)/t18-,19+,26-/m1/s1. The van der Waals surface area contributed by atoms with Crippen LogP contribution in [-0.2, 0) is 10.0 Å². The molecular formula is C28H31F2N3O5S. The van der Waals surface area contributed by atoms with Crippen molar-refractivity contribution in [2.24, 2.45) is 5.92 Å². The monoisotopic (exact) mass is 559 g/mol. The highest BCUT2D eigenvalue weighted by Gasteiger charge is 2.38. The van der Waals surface area contributed by atoms with E-state index in [0.717, 1.165) is 0 Å². The Kier molecular flexibility index (Phi) is 8.53. The Balaban J connectivity index is 1.68. The van der Waals surface area contributed by atoms with Crippen LogP contribution in [0.15, 0.2) is 71.6 Å². The SMILES string of the molecule is C[C@@H]1CN([C@@H](C)CO)S(=O)(=O)c2ccc(-c3ccc(F)cc3)cc2O[C@@H]1CN(C)C(=O)Nc1ccc(F)cc1. The first kappa shape index (κ1) is 28.5. The van der Waals surface area contributed by atoms with E-state index >= 15 is 0 Å². The topological polar surface area (TPSA) is 99.2 Å². The van der Waals surface area contributed by atoms with Gasteiger partial charge in [-0.3, -0.25) is 0 Å². The molecule has 1 aliphatic rings. The largest absolute Gasteiger partial charge is 0.487 e. The molecule has 2 N–H and O–H groups in total. The number of likely N-dealkylation sites (N-methyl/N-ethyl adjacent to an activating group) is 1. The lowest BCUT2D eigenvalue weighted by Gasteiger charge is -2.37. The van der Waals surface area contributed by atoms with Crippen molar-refractivity contribution in [3.63, 3.8) is 0 Å². The molecule has 0 radical (unpaired) electrons. The molecule has 0 fully saturated rings. The van der Waals surface area contributed by atoms with E-state index < -0.39 is 39.8 Å². The zero-order valence-corrected chi connectivity index (χ0v) is 22.7. The molecule has 2 amide bonds. The molecule has 4 rings (SSSR count). The predicted octanol–water partition coefficient (Wildman–Crippen LogP) is 4.56. The van der Waals surface area contributed by atoms with Crippen LogP contribution in [0.3, 0.4) is 0 Å². The third kappa shape index (κ3) is 6.38. The predicted molar refractivity (Wildman–Crippen MR) is 144 cm³/mol. The van der Waals surface area contributed by atoms with Gasteiger partial charge in [0, 0.05) is 31.2 Å². The fourth-order valence-electron chi connectivity index (χ4n) is 4.37. The molecule has 0 saturated carbocycles. The lowest BCUT2D eigenvalue weighted by Crippen LogP contribution is -2.50. The third-order valence-corrected chi connectivity index (χ3v) is 8.76. The summed E-state index contributed by atoms with van der Waals surface area (Å²) in [5.74, 6) is -1.10. The Hall–Kier alpha value is -3.54. The maximum absolute atomic E-state index is 13.7. The highest BCUT2D eigenvalue weighted by Crippen LogP contribution is 2.36. The number of aliphatic hydroxyl groups is 1. The number of halogens is 2. The van der Waals surface area contributed by atoms with E-state index in [1.807, 2.05) is 6.92 Å². The number of carbonyl (C=O) groups excluding carboxylic acids is 1. The van der Waals surface area contributed by atoms with Crippen LogP contribution in [0, 0.1) is 17.6 Å². The summed E-state index contributed by atoms with van der Waals surface area (Å²) in [6, 6.07) is 14.7. The van der Waals surface area contributed by atoms with Gasteiger partial charge in [-0.05, 0) is 66.6 Å². The number of fused-ring (bicyclic) bond motifs is 1. The van der Waals surface area contributed by atoms with Gasteiger partial charge >= 0.3 is 6.03 Å². The molecule has 1 heterocycles. The molecule has 3 aromatic carbocycles. The number of rotatable bonds is 6. The Labute approximate surface area is 226 Å². The number of amides is 2. The van der Waals surface area contributed by atoms with E-state index in [9.17, 15) is 27.1 Å². The number of anilines is 1. The lowest BCUT2D eigenvalue weighted by molar-refractivity contribution is 0.0830. The molecule has 0 bridgehead atoms. The smallest absolute Gasteiger partial charge is 0.321 e. The van der Waals surface area contributed by atoms with E-state index in [1.54, 1.807) is 38.2 Å². The van der Waals surface area contributed by atoms with Crippen LogP contribution in [0.25, 0.3) is 11.1 Å². The normalized spacial score (nSPS) is 19.6. The van der Waals surface area contributed by atoms with Crippen LogP contribution in [0.1, 0.15) is 13.8 Å². The van der Waals surface area contributed by atoms with Crippen LogP contribution in [0.5, 0.6) is 5.75 Å². The van der Waals surface area contributed by atoms with Crippen molar-refractivity contribution < 1.29 is 31.8 Å². The number of benzene rings is 3. The van der Waals surface area contributed by atoms with Gasteiger partial charge in [0.1, 0.15) is 28.4 Å². The first-order valence-electron chi connectivity index (χ1n) is 12.5. The number of nitrogens with zero attached hydrogens (tertiary/aromatic N) is 2. The highest BCUT2D eigenvalue weighted by atomic mass is 32.2. The number of aliphatic hydroxyl groups excluding tert-OH is 1. The summed E-state index contributed by atoms with van der Waals surface area (Å²) in [6.07, 6.45) is -0.625. The van der Waals surface area contributed by atoms with Crippen molar-refractivity contribution >= 4 is 21.7 Å². The van der Waals surface area contributed by atoms with Crippen LogP contribution in [0.4, 0.5) is 19.3 Å². The van der Waals surface area contributed by atoms with Gasteiger partial charge < -0.3 is 20.1 Å². The van der Waals surface area contributed by atoms with Crippen LogP contribution in [-0.4, -0.2) is 67.7 Å². The van der Waals surface area contributed by atoms with Gasteiger partial charge in [-0.15, -0.1) is 0 Å². The van der Waals surface area contributed by atoms with E-state index in [1.165, 1.54) is 51.7 Å². The lowest BCUT2D eigenvalue weighted by atomic mass is 10.0. The molecule has 0 unspecified atom stereocenters. The van der Waals surface area contributed by atoms with Crippen molar-refractivity contribution in [1.29, 1.82) is 0 Å². The van der Waals surface area contributed by atoms with Gasteiger partial charge in [0.15, 0.2) is 0 Å². The van der Waals surface area contributed by atoms with Crippen LogP contribution in [0.2, 0.25) is 0 Å². The number of nitrogens with one attached hydrogen (secondary N) is 1. The van der Waals surface area contributed by atoms with E-state index in [0.29, 0.717) is 16.8 Å². The summed E-state index contributed by atoms with van der Waals surface area (Å²) in [5, 5.41) is 12.5. The summed E-state index contributed by atoms with van der Waals surface area (Å²) < 4.78 is 61.6. The summed E-state index contributed by atoms with van der Waals surface area (Å²) >= 11 is 0. The number of hydrogen-bond acceptors (Lipinski definition) is 5. The van der Waals surface area contributed by atoms with Gasteiger partial charge in [-0.2, -0.15) is 4.31 Å². The minimum atomic E-state index is -4.04. The molecule has 1 aliphatic heterocycles. The van der Waals surface area contributed by atoms with Gasteiger partial charge in [-0.25, -0.2) is 22.0 Å². The number of carbonyl (C=O) groups is 1. The van der Waals surface area contributed by atoms with Gasteiger partial charge in [0.05, 0.1) is 13.2 Å². The quantitative estimate of drug-likeness (QED) is 0.461. The second-order valence-electron chi connectivity index (χ2n) is 9.73. The number of ether oxygens (including phenoxy) is 1. The summed E-state index contributed by atoms with van der Waals surface area (Å²) in [6.45, 7) is 3.23. The van der Waals surface area contributed by atoms with Crippen molar-refractivity contribution in [2.45, 2.75) is 30.9 Å². The number of hydrogen-bond donors (Lipinski definition) is 2. The fourth-order valence-corrected chi connectivity index (χ4v) is 6.20. The fraction of sp³-hybridized carbons (Fsp3) is 0.321. The molecule has 0 aromatic heterocycles. The van der Waals surface area contributed by atoms with E-state index in [2.05, 4.69) is 5.32 Å². The van der Waals surface area contributed by atoms with Crippen LogP contribution < -0.4 is 10.1 Å². The zero-order chi connectivity index (χ0) is 28.3. The molecule has 3 aromatic rings. The van der Waals surface area contributed by atoms with Crippen molar-refractivity contribution in [1.82, 2.24) is 9.21 Å². The van der Waals surface area contributed by atoms with Crippen LogP contribution >= 0.6 is 0 Å². The summed E-state index contributed by atoms with van der Waals surface area (Å²) in [4.78, 5) is 14.2. The van der Waals surface area contributed by atoms with Crippen molar-refractivity contribution in [3.8, 4) is 16.9 Å². The Morgan fingerprint density at radius 2 is 1.67 bits per heavy atom. The molecule has 208 valence electrons. The second-order valence-corrected chi connectivity index (χ2v) is 11.6. The van der Waals surface area contributed by atoms with E-state index in [-0.39, 0.29) is 36.3 Å². The molecule has 0 aliphatic carbocycles. The first-order valence-corrected chi connectivity index (χ1v) is 13.9. The Morgan fingerprint density at radius 3 is 2.28 bits per heavy atom. The molecule has 3 atom stereocenters. The maximum atomic E-state index is 13.7. The molecule has 0 spiro atoms. The minimum absolute atomic E-state index is 0.0568. The summed E-state index contributed by atoms with van der Waals surface area (Å²) in [7, 11) is -2.46. The zero-order valence-electron chi connectivity index (χ0n) is 21.8. The second kappa shape index (κ2) is 11.7. The minimum Gasteiger partial charge on any atom is -0.487 e. The Bertz CT molecular complexity index is 1420. The highest BCUT2D eigenvalue weighted by molar-refractivity contribution is 7.89. The van der Waals surface area contributed by atoms with Gasteiger partial charge in [-0.1, -0.05) is 25.1 Å². The molecule has 11 heteroatoms. The average Bonchev–Trinajstić information content (AvgIpc) is 2.91. The first-order chi connectivity index (χ1) is 18.5. The van der Waals surface area contributed by atoms with Crippen molar-refractivity contribution in [3.05, 3.63) is 78.4 Å². The third-order valence-electron chi connectivity index (χ3n) is 6.74. The molecule has 39 heavy (non-hydrogen) atoms. The van der Waals surface area contributed by atoms with E-state index in [4.69, 9.17) is 4.74 Å². The number of urea groups is 1. The van der Waals surface area contributed by atoms with Gasteiger partial charge in [0.25, 0.3) is 0 Å². The average molecular weight is 560 g/mol. The summed E-state index contributed by atoms with van der Waals surface area (Å²) in [5.41, 5.74) is 1.71. The number of sulfonamides is 1. The maximum Gasteiger partial charge on any atom is 0.321 e. The molecular weight excluding hydrogens is 528 g/mol. The molecule has 0 saturated heterocycles. The van der Waals surface area contributed by atoms with Crippen molar-refractivity contribution in [2.75, 3.05) is 32.1 Å².